The first-order valence-corrected chi connectivity index (χ1v) is 7.95. The van der Waals surface area contributed by atoms with E-state index in [1.165, 1.54) is 0 Å². The monoisotopic (exact) mass is 335 g/mol. The zero-order chi connectivity index (χ0) is 17.6. The summed E-state index contributed by atoms with van der Waals surface area (Å²) in [6.45, 7) is 2.02. The minimum atomic E-state index is -0.532. The van der Waals surface area contributed by atoms with Crippen molar-refractivity contribution in [1.82, 2.24) is 9.97 Å². The molecule has 0 saturated heterocycles. The lowest BCUT2D eigenvalue weighted by atomic mass is 9.82. The number of aryl methyl sites for hydroxylation is 1. The summed E-state index contributed by atoms with van der Waals surface area (Å²) >= 11 is 0. The molecular weight excluding hydrogens is 318 g/mol. The minimum absolute atomic E-state index is 0.303. The van der Waals surface area contributed by atoms with E-state index in [1.807, 2.05) is 49.4 Å². The molecule has 25 heavy (non-hydrogen) atoms. The van der Waals surface area contributed by atoms with Gasteiger partial charge in [-0.2, -0.15) is 0 Å². The van der Waals surface area contributed by atoms with Crippen LogP contribution in [0.15, 0.2) is 52.1 Å². The quantitative estimate of drug-likeness (QED) is 0.525. The highest BCUT2D eigenvalue weighted by molar-refractivity contribution is 5.73. The Labute approximate surface area is 143 Å². The van der Waals surface area contributed by atoms with Crippen molar-refractivity contribution in [2.75, 3.05) is 12.4 Å². The van der Waals surface area contributed by atoms with Gasteiger partial charge in [0.25, 0.3) is 5.56 Å². The molecule has 0 aliphatic carbocycles. The molecular formula is C19H17N3O3. The fourth-order valence-corrected chi connectivity index (χ4v) is 3.29. The summed E-state index contributed by atoms with van der Waals surface area (Å²) in [5.41, 5.74) is 3.43. The lowest BCUT2D eigenvalue weighted by Crippen LogP contribution is -2.31. The van der Waals surface area contributed by atoms with E-state index in [0.717, 1.165) is 22.4 Å². The molecule has 0 fully saturated rings. The molecule has 0 bridgehead atoms. The van der Waals surface area contributed by atoms with E-state index in [-0.39, 0.29) is 5.92 Å². The van der Waals surface area contributed by atoms with Crippen LogP contribution in [0.4, 0.5) is 11.5 Å². The Bertz CT molecular complexity index is 1060. The van der Waals surface area contributed by atoms with E-state index in [1.54, 1.807) is 7.11 Å². The standard InChI is InChI=1S/C19H17N3O3/c1-10-3-5-11(6-4-10)15-13-9-12(25-2)7-8-14(13)20-17-16(15)18(23)22-19(24)21-17/h3-9,15H,1-2H3,(H3,20,21,22,23,24). The van der Waals surface area contributed by atoms with Crippen molar-refractivity contribution in [2.45, 2.75) is 12.8 Å². The van der Waals surface area contributed by atoms with Gasteiger partial charge in [-0.3, -0.25) is 14.8 Å². The Hall–Kier alpha value is -3.28. The number of fused-ring (bicyclic) bond motifs is 2. The zero-order valence-corrected chi connectivity index (χ0v) is 13.8. The largest absolute Gasteiger partial charge is 0.497 e. The highest BCUT2D eigenvalue weighted by Crippen LogP contribution is 2.43. The zero-order valence-electron chi connectivity index (χ0n) is 13.8. The summed E-state index contributed by atoms with van der Waals surface area (Å²) < 4.78 is 5.35. The maximum Gasteiger partial charge on any atom is 0.327 e. The Morgan fingerprint density at radius 3 is 2.48 bits per heavy atom. The van der Waals surface area contributed by atoms with Gasteiger partial charge in [0.15, 0.2) is 0 Å². The molecule has 1 aromatic heterocycles. The first-order chi connectivity index (χ1) is 12.1. The van der Waals surface area contributed by atoms with Crippen LogP contribution >= 0.6 is 0 Å². The average Bonchev–Trinajstić information content (AvgIpc) is 2.60. The maximum atomic E-state index is 12.6. The summed E-state index contributed by atoms with van der Waals surface area (Å²) in [4.78, 5) is 29.3. The van der Waals surface area contributed by atoms with Gasteiger partial charge in [0.1, 0.15) is 11.6 Å². The second-order valence-corrected chi connectivity index (χ2v) is 6.12. The van der Waals surface area contributed by atoms with Crippen molar-refractivity contribution < 1.29 is 4.74 Å². The van der Waals surface area contributed by atoms with Crippen molar-refractivity contribution in [3.63, 3.8) is 0 Å². The summed E-state index contributed by atoms with van der Waals surface area (Å²) in [5.74, 6) is 0.835. The van der Waals surface area contributed by atoms with E-state index in [0.29, 0.717) is 17.1 Å². The molecule has 4 rings (SSSR count). The molecule has 1 aliphatic rings. The third-order valence-electron chi connectivity index (χ3n) is 4.51. The minimum Gasteiger partial charge on any atom is -0.497 e. The number of anilines is 2. The molecule has 0 radical (unpaired) electrons. The number of methoxy groups -OCH3 is 1. The van der Waals surface area contributed by atoms with Gasteiger partial charge in [-0.1, -0.05) is 29.8 Å². The third kappa shape index (κ3) is 2.52. The van der Waals surface area contributed by atoms with Crippen LogP contribution < -0.4 is 21.3 Å². The average molecular weight is 335 g/mol. The van der Waals surface area contributed by atoms with Crippen molar-refractivity contribution >= 4 is 11.5 Å². The number of H-pyrrole nitrogens is 2. The lowest BCUT2D eigenvalue weighted by Gasteiger charge is -2.28. The Kier molecular flexibility index (Phi) is 3.46. The van der Waals surface area contributed by atoms with Gasteiger partial charge >= 0.3 is 5.69 Å². The van der Waals surface area contributed by atoms with Crippen LogP contribution in [-0.2, 0) is 0 Å². The summed E-state index contributed by atoms with van der Waals surface area (Å²) in [5, 5.41) is 3.15. The molecule has 3 aromatic rings. The van der Waals surface area contributed by atoms with E-state index >= 15 is 0 Å². The van der Waals surface area contributed by atoms with Crippen LogP contribution in [0.25, 0.3) is 0 Å². The van der Waals surface area contributed by atoms with Gasteiger partial charge in [-0.15, -0.1) is 0 Å². The van der Waals surface area contributed by atoms with Crippen LogP contribution in [0.3, 0.4) is 0 Å². The lowest BCUT2D eigenvalue weighted by molar-refractivity contribution is 0.414. The fourth-order valence-electron chi connectivity index (χ4n) is 3.29. The highest BCUT2D eigenvalue weighted by Gasteiger charge is 2.30. The normalized spacial score (nSPS) is 15.0. The molecule has 1 unspecified atom stereocenters. The molecule has 2 aromatic carbocycles. The van der Waals surface area contributed by atoms with Crippen molar-refractivity contribution in [2.24, 2.45) is 0 Å². The van der Waals surface area contributed by atoms with Crippen LogP contribution in [0.2, 0.25) is 0 Å². The molecule has 1 aliphatic heterocycles. The molecule has 2 heterocycles. The predicted molar refractivity (Wildman–Crippen MR) is 96.1 cm³/mol. The molecule has 3 N–H and O–H groups in total. The molecule has 0 saturated carbocycles. The number of rotatable bonds is 2. The van der Waals surface area contributed by atoms with Gasteiger partial charge in [-0.05, 0) is 36.2 Å². The van der Waals surface area contributed by atoms with Gasteiger partial charge in [0.2, 0.25) is 0 Å². The van der Waals surface area contributed by atoms with Gasteiger partial charge in [0.05, 0.1) is 12.7 Å². The van der Waals surface area contributed by atoms with Gasteiger partial charge in [-0.25, -0.2) is 4.79 Å². The third-order valence-corrected chi connectivity index (χ3v) is 4.51. The maximum absolute atomic E-state index is 12.6. The Balaban J connectivity index is 2.02. The molecule has 6 heteroatoms. The summed E-state index contributed by atoms with van der Waals surface area (Å²) in [7, 11) is 1.61. The number of nitrogens with one attached hydrogen (secondary N) is 3. The van der Waals surface area contributed by atoms with Crippen LogP contribution in [0.5, 0.6) is 5.75 Å². The number of hydrogen-bond donors (Lipinski definition) is 3. The SMILES string of the molecule is COc1ccc2c(c1)C(c1ccc(C)cc1)c1c([nH]c(=O)[nH]c1=O)N2. The summed E-state index contributed by atoms with van der Waals surface area (Å²) in [6.07, 6.45) is 0. The van der Waals surface area contributed by atoms with Crippen LogP contribution in [-0.4, -0.2) is 17.1 Å². The smallest absolute Gasteiger partial charge is 0.327 e. The van der Waals surface area contributed by atoms with E-state index in [2.05, 4.69) is 15.3 Å². The number of aromatic nitrogens is 2. The summed E-state index contributed by atoms with van der Waals surface area (Å²) in [6, 6.07) is 13.7. The van der Waals surface area contributed by atoms with Crippen LogP contribution in [0, 0.1) is 6.92 Å². The first-order valence-electron chi connectivity index (χ1n) is 7.95. The molecule has 0 amide bonds. The molecule has 126 valence electrons. The number of hydrogen-bond acceptors (Lipinski definition) is 4. The number of ether oxygens (including phenoxy) is 1. The number of aromatic amines is 2. The molecule has 0 spiro atoms. The van der Waals surface area contributed by atoms with Gasteiger partial charge in [0, 0.05) is 11.6 Å². The van der Waals surface area contributed by atoms with Crippen molar-refractivity contribution in [3.05, 3.63) is 85.6 Å². The molecule has 6 nitrogen and oxygen atoms in total. The predicted octanol–water partition coefficient (Wildman–Crippen LogP) is 2.62. The van der Waals surface area contributed by atoms with E-state index in [9.17, 15) is 9.59 Å². The fraction of sp³-hybridized carbons (Fsp3) is 0.158. The van der Waals surface area contributed by atoms with Crippen LogP contribution in [0.1, 0.15) is 28.2 Å². The van der Waals surface area contributed by atoms with Gasteiger partial charge < -0.3 is 10.1 Å². The van der Waals surface area contributed by atoms with E-state index in [4.69, 9.17) is 4.74 Å². The topological polar surface area (TPSA) is 87.0 Å². The Morgan fingerprint density at radius 1 is 1.00 bits per heavy atom. The number of benzene rings is 2. The van der Waals surface area contributed by atoms with Crippen molar-refractivity contribution in [1.29, 1.82) is 0 Å². The Morgan fingerprint density at radius 2 is 1.76 bits per heavy atom. The second kappa shape index (κ2) is 5.66. The molecule has 1 atom stereocenters. The highest BCUT2D eigenvalue weighted by atomic mass is 16.5. The van der Waals surface area contributed by atoms with Crippen molar-refractivity contribution in [3.8, 4) is 5.75 Å². The first kappa shape index (κ1) is 15.3. The van der Waals surface area contributed by atoms with E-state index < -0.39 is 11.2 Å². The second-order valence-electron chi connectivity index (χ2n) is 6.12.